The molecule has 0 bridgehead atoms. The largest absolute Gasteiger partial charge is 0.493 e. The van der Waals surface area contributed by atoms with Crippen molar-refractivity contribution in [2.24, 2.45) is 0 Å². The summed E-state index contributed by atoms with van der Waals surface area (Å²) in [4.78, 5) is 17.0. The Bertz CT molecular complexity index is 1130. The summed E-state index contributed by atoms with van der Waals surface area (Å²) in [5.74, 6) is 1.56. The quantitative estimate of drug-likeness (QED) is 0.594. The highest BCUT2D eigenvalue weighted by atomic mass is 35.5. The molecule has 1 atom stereocenters. The summed E-state index contributed by atoms with van der Waals surface area (Å²) in [6, 6.07) is 13.8. The molecule has 166 valence electrons. The van der Waals surface area contributed by atoms with Crippen LogP contribution in [0.3, 0.4) is 0 Å². The minimum atomic E-state index is -0.310. The van der Waals surface area contributed by atoms with Gasteiger partial charge in [-0.15, -0.1) is 0 Å². The van der Waals surface area contributed by atoms with Crippen molar-refractivity contribution in [3.05, 3.63) is 63.1 Å². The molecule has 2 heterocycles. The number of amides is 1. The molecule has 2 aliphatic rings. The highest BCUT2D eigenvalue weighted by Gasteiger charge is 2.38. The Morgan fingerprint density at radius 3 is 2.81 bits per heavy atom. The zero-order valence-corrected chi connectivity index (χ0v) is 19.8. The number of carbonyl (C=O) groups is 1. The van der Waals surface area contributed by atoms with Gasteiger partial charge in [0.15, 0.2) is 11.5 Å². The van der Waals surface area contributed by atoms with Gasteiger partial charge in [-0.1, -0.05) is 35.5 Å². The summed E-state index contributed by atoms with van der Waals surface area (Å²) in [6.45, 7) is 4.81. The van der Waals surface area contributed by atoms with Gasteiger partial charge in [-0.3, -0.25) is 9.69 Å². The van der Waals surface area contributed by atoms with Crippen LogP contribution in [0.4, 0.5) is 5.69 Å². The number of benzene rings is 2. The van der Waals surface area contributed by atoms with Crippen LogP contribution in [-0.2, 0) is 4.79 Å². The number of nitriles is 1. The standard InChI is InChI=1S/C24H24ClN3O3S/c1-4-31-21-9-8-16(10-22(21)30-3)17-11-23(29)28-13-27(14-32-24(28)18(17)12-26)20-7-5-6-19(25)15(20)2/h5-10,17H,4,11,13-14H2,1-3H3. The summed E-state index contributed by atoms with van der Waals surface area (Å²) in [5.41, 5.74) is 3.46. The predicted molar refractivity (Wildman–Crippen MR) is 127 cm³/mol. The van der Waals surface area contributed by atoms with Crippen molar-refractivity contribution in [2.75, 3.05) is 31.2 Å². The monoisotopic (exact) mass is 469 g/mol. The number of carbonyl (C=O) groups excluding carboxylic acids is 1. The van der Waals surface area contributed by atoms with E-state index in [9.17, 15) is 10.1 Å². The second-order valence-corrected chi connectivity index (χ2v) is 8.93. The van der Waals surface area contributed by atoms with Gasteiger partial charge in [0.05, 0.1) is 42.9 Å². The molecule has 1 saturated heterocycles. The van der Waals surface area contributed by atoms with Gasteiger partial charge in [-0.25, -0.2) is 0 Å². The van der Waals surface area contributed by atoms with E-state index in [-0.39, 0.29) is 18.2 Å². The van der Waals surface area contributed by atoms with Crippen molar-refractivity contribution in [1.82, 2.24) is 4.90 Å². The number of allylic oxidation sites excluding steroid dienone is 1. The van der Waals surface area contributed by atoms with Crippen LogP contribution >= 0.6 is 23.4 Å². The van der Waals surface area contributed by atoms with Crippen LogP contribution in [0.15, 0.2) is 47.0 Å². The molecule has 2 aromatic rings. The Kier molecular flexibility index (Phi) is 6.54. The molecule has 1 unspecified atom stereocenters. The number of methoxy groups -OCH3 is 1. The van der Waals surface area contributed by atoms with Crippen molar-refractivity contribution in [1.29, 1.82) is 5.26 Å². The number of hydrogen-bond acceptors (Lipinski definition) is 6. The van der Waals surface area contributed by atoms with Crippen LogP contribution < -0.4 is 14.4 Å². The Morgan fingerprint density at radius 1 is 1.28 bits per heavy atom. The average molecular weight is 470 g/mol. The van der Waals surface area contributed by atoms with Crippen LogP contribution in [0.1, 0.15) is 30.4 Å². The SMILES string of the molecule is CCOc1ccc(C2CC(=O)N3CN(c4cccc(Cl)c4C)CSC3=C2C#N)cc1OC. The van der Waals surface area contributed by atoms with E-state index < -0.39 is 0 Å². The summed E-state index contributed by atoms with van der Waals surface area (Å²) in [7, 11) is 1.59. The Morgan fingerprint density at radius 2 is 2.09 bits per heavy atom. The molecule has 0 aliphatic carbocycles. The molecule has 8 heteroatoms. The zero-order chi connectivity index (χ0) is 22.8. The van der Waals surface area contributed by atoms with Gasteiger partial charge >= 0.3 is 0 Å². The first-order chi connectivity index (χ1) is 15.5. The van der Waals surface area contributed by atoms with Crippen molar-refractivity contribution in [2.45, 2.75) is 26.2 Å². The molecule has 0 aromatic heterocycles. The van der Waals surface area contributed by atoms with Crippen LogP contribution in [0.5, 0.6) is 11.5 Å². The van der Waals surface area contributed by atoms with Gasteiger partial charge in [0.1, 0.15) is 0 Å². The van der Waals surface area contributed by atoms with E-state index in [1.807, 2.05) is 50.2 Å². The van der Waals surface area contributed by atoms with Crippen molar-refractivity contribution in [3.8, 4) is 17.6 Å². The van der Waals surface area contributed by atoms with Gasteiger partial charge < -0.3 is 14.4 Å². The number of fused-ring (bicyclic) bond motifs is 1. The maximum atomic E-state index is 13.2. The van der Waals surface area contributed by atoms with Crippen LogP contribution in [-0.4, -0.2) is 37.1 Å². The van der Waals surface area contributed by atoms with Crippen LogP contribution in [0.2, 0.25) is 5.02 Å². The molecular formula is C24H24ClN3O3S. The van der Waals surface area contributed by atoms with E-state index in [2.05, 4.69) is 11.0 Å². The molecule has 1 fully saturated rings. The molecule has 32 heavy (non-hydrogen) atoms. The first kappa shape index (κ1) is 22.4. The van der Waals surface area contributed by atoms with Gasteiger partial charge in [-0.05, 0) is 49.2 Å². The highest BCUT2D eigenvalue weighted by Crippen LogP contribution is 2.45. The van der Waals surface area contributed by atoms with Crippen LogP contribution in [0.25, 0.3) is 0 Å². The normalized spacial score (nSPS) is 18.3. The van der Waals surface area contributed by atoms with Gasteiger partial charge in [0, 0.05) is 23.0 Å². The number of nitrogens with zero attached hydrogens (tertiary/aromatic N) is 3. The van der Waals surface area contributed by atoms with E-state index in [4.69, 9.17) is 21.1 Å². The maximum Gasteiger partial charge on any atom is 0.229 e. The minimum Gasteiger partial charge on any atom is -0.493 e. The molecule has 4 rings (SSSR count). The second-order valence-electron chi connectivity index (χ2n) is 7.59. The number of hydrogen-bond donors (Lipinski definition) is 0. The first-order valence-electron chi connectivity index (χ1n) is 10.4. The van der Waals surface area contributed by atoms with Gasteiger partial charge in [-0.2, -0.15) is 5.26 Å². The number of anilines is 1. The van der Waals surface area contributed by atoms with E-state index in [1.165, 1.54) is 11.8 Å². The third kappa shape index (κ3) is 4.01. The average Bonchev–Trinajstić information content (AvgIpc) is 2.81. The Hall–Kier alpha value is -2.82. The summed E-state index contributed by atoms with van der Waals surface area (Å²) >= 11 is 7.81. The van der Waals surface area contributed by atoms with Crippen molar-refractivity contribution < 1.29 is 14.3 Å². The molecule has 0 saturated carbocycles. The predicted octanol–water partition coefficient (Wildman–Crippen LogP) is 5.28. The fraction of sp³-hybridized carbons (Fsp3) is 0.333. The number of rotatable bonds is 5. The van der Waals surface area contributed by atoms with E-state index >= 15 is 0 Å². The van der Waals surface area contributed by atoms with Gasteiger partial charge in [0.25, 0.3) is 0 Å². The third-order valence-corrected chi connectivity index (χ3v) is 7.33. The fourth-order valence-corrected chi connectivity index (χ4v) is 5.44. The number of thioether (sulfide) groups is 1. The van der Waals surface area contributed by atoms with Gasteiger partial charge in [0.2, 0.25) is 5.91 Å². The van der Waals surface area contributed by atoms with Crippen LogP contribution in [0, 0.1) is 18.3 Å². The fourth-order valence-electron chi connectivity index (χ4n) is 4.11. The molecule has 2 aliphatic heterocycles. The Balaban J connectivity index is 1.67. The lowest BCUT2D eigenvalue weighted by Gasteiger charge is -2.42. The lowest BCUT2D eigenvalue weighted by atomic mass is 9.86. The molecular weight excluding hydrogens is 446 g/mol. The molecule has 0 spiro atoms. The summed E-state index contributed by atoms with van der Waals surface area (Å²) in [6.07, 6.45) is 0.229. The minimum absolute atomic E-state index is 0.00580. The Labute approximate surface area is 197 Å². The number of ether oxygens (including phenoxy) is 2. The maximum absolute atomic E-state index is 13.2. The second kappa shape index (κ2) is 9.35. The number of halogens is 1. The topological polar surface area (TPSA) is 65.8 Å². The highest BCUT2D eigenvalue weighted by molar-refractivity contribution is 8.03. The molecule has 1 amide bonds. The van der Waals surface area contributed by atoms with Crippen molar-refractivity contribution in [3.63, 3.8) is 0 Å². The molecule has 0 radical (unpaired) electrons. The molecule has 2 aromatic carbocycles. The lowest BCUT2D eigenvalue weighted by Crippen LogP contribution is -2.47. The zero-order valence-electron chi connectivity index (χ0n) is 18.2. The van der Waals surface area contributed by atoms with E-state index in [0.29, 0.717) is 41.2 Å². The molecule has 0 N–H and O–H groups in total. The molecule has 6 nitrogen and oxygen atoms in total. The lowest BCUT2D eigenvalue weighted by molar-refractivity contribution is -0.129. The summed E-state index contributed by atoms with van der Waals surface area (Å²) in [5, 5.41) is 11.5. The van der Waals surface area contributed by atoms with Crippen molar-refractivity contribution >= 4 is 35.0 Å². The summed E-state index contributed by atoms with van der Waals surface area (Å²) < 4.78 is 11.1. The smallest absolute Gasteiger partial charge is 0.229 e. The van der Waals surface area contributed by atoms with E-state index in [1.54, 1.807) is 12.0 Å². The first-order valence-corrected chi connectivity index (χ1v) is 11.7. The van der Waals surface area contributed by atoms with E-state index in [0.717, 1.165) is 21.8 Å². The third-order valence-electron chi connectivity index (χ3n) is 5.76.